The first-order valence-corrected chi connectivity index (χ1v) is 6.35. The number of methoxy groups -OCH3 is 1. The molecule has 102 valence electrons. The maximum atomic E-state index is 11.7. The van der Waals surface area contributed by atoms with E-state index >= 15 is 0 Å². The smallest absolute Gasteiger partial charge is 0.248 e. The molecule has 0 saturated carbocycles. The third-order valence-electron chi connectivity index (χ3n) is 2.99. The molecule has 1 heterocycles. The predicted octanol–water partition coefficient (Wildman–Crippen LogP) is 0.688. The molecule has 1 saturated heterocycles. The van der Waals surface area contributed by atoms with Gasteiger partial charge in [-0.05, 0) is 17.7 Å². The summed E-state index contributed by atoms with van der Waals surface area (Å²) in [6, 6.07) is 5.59. The second-order valence-electron chi connectivity index (χ2n) is 4.27. The molecule has 5 nitrogen and oxygen atoms in total. The van der Waals surface area contributed by atoms with Crippen molar-refractivity contribution in [2.24, 2.45) is 5.73 Å². The van der Waals surface area contributed by atoms with E-state index < -0.39 is 0 Å². The number of hydrogen-bond donors (Lipinski definition) is 1. The van der Waals surface area contributed by atoms with Gasteiger partial charge in [0.05, 0.1) is 19.3 Å². The van der Waals surface area contributed by atoms with Crippen LogP contribution in [0.1, 0.15) is 11.1 Å². The quantitative estimate of drug-likeness (QED) is 0.822. The molecular formula is C13H16N2O3S. The molecule has 6 heteroatoms. The van der Waals surface area contributed by atoms with E-state index in [0.717, 1.165) is 5.56 Å². The van der Waals surface area contributed by atoms with Crippen LogP contribution in [0.25, 0.3) is 0 Å². The number of nitrogens with zero attached hydrogens (tertiary/aromatic N) is 1. The van der Waals surface area contributed by atoms with Gasteiger partial charge in [-0.2, -0.15) is 0 Å². The van der Waals surface area contributed by atoms with Crippen LogP contribution < -0.4 is 10.5 Å². The van der Waals surface area contributed by atoms with Gasteiger partial charge in [0.15, 0.2) is 0 Å². The number of thiocarbonyl (C=S) groups is 1. The molecule has 1 aromatic carbocycles. The van der Waals surface area contributed by atoms with Gasteiger partial charge in [-0.3, -0.25) is 4.79 Å². The second-order valence-corrected chi connectivity index (χ2v) is 4.71. The summed E-state index contributed by atoms with van der Waals surface area (Å²) in [6.07, 6.45) is 0. The van der Waals surface area contributed by atoms with Gasteiger partial charge in [0.1, 0.15) is 17.3 Å². The Bertz CT molecular complexity index is 505. The predicted molar refractivity (Wildman–Crippen MR) is 75.1 cm³/mol. The van der Waals surface area contributed by atoms with Gasteiger partial charge in [0.25, 0.3) is 0 Å². The Labute approximate surface area is 117 Å². The molecule has 0 aromatic heterocycles. The Hall–Kier alpha value is -1.66. The Morgan fingerprint density at radius 3 is 3.00 bits per heavy atom. The molecule has 0 spiro atoms. The zero-order valence-corrected chi connectivity index (χ0v) is 11.5. The number of carbonyl (C=O) groups is 1. The van der Waals surface area contributed by atoms with Crippen molar-refractivity contribution in [3.8, 4) is 5.75 Å². The highest BCUT2D eigenvalue weighted by Crippen LogP contribution is 2.21. The minimum absolute atomic E-state index is 0.000979. The highest BCUT2D eigenvalue weighted by molar-refractivity contribution is 7.80. The van der Waals surface area contributed by atoms with E-state index in [2.05, 4.69) is 0 Å². The summed E-state index contributed by atoms with van der Waals surface area (Å²) in [4.78, 5) is 13.7. The largest absolute Gasteiger partial charge is 0.496 e. The van der Waals surface area contributed by atoms with Gasteiger partial charge in [-0.25, -0.2) is 0 Å². The number of benzene rings is 1. The fourth-order valence-corrected chi connectivity index (χ4v) is 2.14. The van der Waals surface area contributed by atoms with Gasteiger partial charge in [0, 0.05) is 13.1 Å². The fourth-order valence-electron chi connectivity index (χ4n) is 1.98. The summed E-state index contributed by atoms with van der Waals surface area (Å²) in [5.74, 6) is 0.642. The van der Waals surface area contributed by atoms with E-state index in [1.807, 2.05) is 18.2 Å². The Kier molecular flexibility index (Phi) is 4.34. The first-order chi connectivity index (χ1) is 9.11. The fraction of sp³-hybridized carbons (Fsp3) is 0.385. The summed E-state index contributed by atoms with van der Waals surface area (Å²) in [7, 11) is 1.57. The topological polar surface area (TPSA) is 64.8 Å². The first-order valence-electron chi connectivity index (χ1n) is 5.94. The van der Waals surface area contributed by atoms with Crippen LogP contribution in [0.3, 0.4) is 0 Å². The monoisotopic (exact) mass is 280 g/mol. The summed E-state index contributed by atoms with van der Waals surface area (Å²) >= 11 is 5.00. The van der Waals surface area contributed by atoms with Crippen LogP contribution >= 0.6 is 12.2 Å². The molecular weight excluding hydrogens is 264 g/mol. The van der Waals surface area contributed by atoms with Crippen LogP contribution in [0.4, 0.5) is 0 Å². The zero-order valence-electron chi connectivity index (χ0n) is 10.7. The van der Waals surface area contributed by atoms with E-state index in [0.29, 0.717) is 31.0 Å². The number of ether oxygens (including phenoxy) is 2. The summed E-state index contributed by atoms with van der Waals surface area (Å²) in [5, 5.41) is 0. The van der Waals surface area contributed by atoms with Crippen molar-refractivity contribution in [1.29, 1.82) is 0 Å². The molecule has 2 N–H and O–H groups in total. The number of morpholine rings is 1. The molecule has 1 aromatic rings. The Morgan fingerprint density at radius 2 is 2.37 bits per heavy atom. The van der Waals surface area contributed by atoms with E-state index in [9.17, 15) is 4.79 Å². The van der Waals surface area contributed by atoms with E-state index in [4.69, 9.17) is 27.4 Å². The molecule has 0 atom stereocenters. The number of rotatable bonds is 4. The molecule has 0 aliphatic carbocycles. The van der Waals surface area contributed by atoms with E-state index in [1.54, 1.807) is 12.0 Å². The van der Waals surface area contributed by atoms with Gasteiger partial charge in [0.2, 0.25) is 5.91 Å². The number of hydrogen-bond acceptors (Lipinski definition) is 4. The van der Waals surface area contributed by atoms with Gasteiger partial charge >= 0.3 is 0 Å². The minimum Gasteiger partial charge on any atom is -0.496 e. The third-order valence-corrected chi connectivity index (χ3v) is 3.21. The third kappa shape index (κ3) is 3.21. The molecule has 1 amide bonds. The SMILES string of the molecule is COc1ccc(CN2CCOCC2=O)cc1C(N)=S. The van der Waals surface area contributed by atoms with Crippen LogP contribution in [-0.2, 0) is 16.1 Å². The standard InChI is InChI=1S/C13H16N2O3S/c1-17-11-3-2-9(6-10(11)13(14)19)7-15-4-5-18-8-12(15)16/h2-3,6H,4-5,7-8H2,1H3,(H2,14,19). The van der Waals surface area contributed by atoms with Crippen LogP contribution in [0.15, 0.2) is 18.2 Å². The van der Waals surface area contributed by atoms with Crippen molar-refractivity contribution in [3.63, 3.8) is 0 Å². The number of carbonyl (C=O) groups excluding carboxylic acids is 1. The van der Waals surface area contributed by atoms with Crippen molar-refractivity contribution >= 4 is 23.1 Å². The Balaban J connectivity index is 2.18. The average Bonchev–Trinajstić information content (AvgIpc) is 2.41. The van der Waals surface area contributed by atoms with Crippen LogP contribution in [0.2, 0.25) is 0 Å². The first kappa shape index (κ1) is 13.8. The normalized spacial score (nSPS) is 15.4. The van der Waals surface area contributed by atoms with E-state index in [1.165, 1.54) is 0 Å². The summed E-state index contributed by atoms with van der Waals surface area (Å²) < 4.78 is 10.3. The van der Waals surface area contributed by atoms with Crippen molar-refractivity contribution < 1.29 is 14.3 Å². The molecule has 0 bridgehead atoms. The van der Waals surface area contributed by atoms with Crippen molar-refractivity contribution in [2.45, 2.75) is 6.54 Å². The summed E-state index contributed by atoms with van der Waals surface area (Å²) in [6.45, 7) is 1.86. The lowest BCUT2D eigenvalue weighted by atomic mass is 10.1. The maximum Gasteiger partial charge on any atom is 0.248 e. The molecule has 19 heavy (non-hydrogen) atoms. The van der Waals surface area contributed by atoms with Gasteiger partial charge in [-0.1, -0.05) is 18.3 Å². The number of amides is 1. The highest BCUT2D eigenvalue weighted by Gasteiger charge is 2.19. The van der Waals surface area contributed by atoms with Crippen LogP contribution in [0, 0.1) is 0 Å². The summed E-state index contributed by atoms with van der Waals surface area (Å²) in [5.41, 5.74) is 7.33. The lowest BCUT2D eigenvalue weighted by Gasteiger charge is -2.27. The maximum absolute atomic E-state index is 11.7. The van der Waals surface area contributed by atoms with E-state index in [-0.39, 0.29) is 17.5 Å². The second kappa shape index (κ2) is 5.99. The molecule has 1 aliphatic rings. The molecule has 1 aliphatic heterocycles. The highest BCUT2D eigenvalue weighted by atomic mass is 32.1. The zero-order chi connectivity index (χ0) is 13.8. The lowest BCUT2D eigenvalue weighted by Crippen LogP contribution is -2.40. The lowest BCUT2D eigenvalue weighted by molar-refractivity contribution is -0.143. The van der Waals surface area contributed by atoms with Gasteiger partial charge in [-0.15, -0.1) is 0 Å². The minimum atomic E-state index is -0.000979. The Morgan fingerprint density at radius 1 is 1.58 bits per heavy atom. The van der Waals surface area contributed by atoms with Crippen molar-refractivity contribution in [2.75, 3.05) is 26.9 Å². The van der Waals surface area contributed by atoms with Gasteiger partial charge < -0.3 is 20.1 Å². The molecule has 2 rings (SSSR count). The van der Waals surface area contributed by atoms with Crippen molar-refractivity contribution in [3.05, 3.63) is 29.3 Å². The van der Waals surface area contributed by atoms with Crippen LogP contribution in [-0.4, -0.2) is 42.7 Å². The van der Waals surface area contributed by atoms with Crippen LogP contribution in [0.5, 0.6) is 5.75 Å². The molecule has 0 radical (unpaired) electrons. The molecule has 0 unspecified atom stereocenters. The molecule has 1 fully saturated rings. The number of nitrogens with two attached hydrogens (primary N) is 1. The average molecular weight is 280 g/mol. The van der Waals surface area contributed by atoms with Crippen molar-refractivity contribution in [1.82, 2.24) is 4.90 Å².